The Morgan fingerprint density at radius 2 is 1.53 bits per heavy atom. The average Bonchev–Trinajstić information content (AvgIpc) is 3.17. The van der Waals surface area contributed by atoms with Gasteiger partial charge in [-0.3, -0.25) is 4.79 Å². The van der Waals surface area contributed by atoms with Gasteiger partial charge in [-0.25, -0.2) is 9.37 Å². The Kier molecular flexibility index (Phi) is 11.9. The van der Waals surface area contributed by atoms with Gasteiger partial charge in [0.2, 0.25) is 5.88 Å². The fourth-order valence-electron chi connectivity index (χ4n) is 6.71. The van der Waals surface area contributed by atoms with E-state index in [1.165, 1.54) is 31.5 Å². The molecule has 1 amide bonds. The standard InChI is InChI=1S/C42H42F4N2O6Si/c1-41(2,3)55(33-11-7-5-8-12-33,34-13-9-6-10-14-34)52-27-31-17-18-32(26-51-31)53-38-24-29(43)16-20-37(38)54-36-19-15-28(42(44,45)46)23-35(36)40(49)48-30-21-22-47-39(25-30)50-4/h5-16,19-25,31-32H,17-18,26-27H2,1-4H3,(H,47,48,49). The minimum absolute atomic E-state index is 0.000684. The number of aromatic nitrogens is 1. The van der Waals surface area contributed by atoms with E-state index in [-0.39, 0.29) is 46.6 Å². The quantitative estimate of drug-likeness (QED) is 0.100. The molecule has 0 radical (unpaired) electrons. The molecule has 2 unspecified atom stereocenters. The Morgan fingerprint density at radius 3 is 2.13 bits per heavy atom. The van der Waals surface area contributed by atoms with Crippen molar-refractivity contribution in [2.24, 2.45) is 0 Å². The van der Waals surface area contributed by atoms with E-state index in [0.29, 0.717) is 25.5 Å². The molecular formula is C42H42F4N2O6Si. The monoisotopic (exact) mass is 774 g/mol. The number of methoxy groups -OCH3 is 1. The van der Waals surface area contributed by atoms with Crippen molar-refractivity contribution in [3.05, 3.63) is 132 Å². The summed E-state index contributed by atoms with van der Waals surface area (Å²) in [5.41, 5.74) is -1.23. The number of ether oxygens (including phenoxy) is 4. The Morgan fingerprint density at radius 1 is 0.855 bits per heavy atom. The zero-order chi connectivity index (χ0) is 39.2. The van der Waals surface area contributed by atoms with Crippen molar-refractivity contribution in [2.75, 3.05) is 25.6 Å². The predicted octanol–water partition coefficient (Wildman–Crippen LogP) is 8.80. The van der Waals surface area contributed by atoms with Gasteiger partial charge < -0.3 is 28.7 Å². The first-order valence-electron chi connectivity index (χ1n) is 17.8. The molecule has 6 rings (SSSR count). The Balaban J connectivity index is 1.17. The van der Waals surface area contributed by atoms with E-state index in [1.807, 2.05) is 36.4 Å². The molecule has 0 aliphatic carbocycles. The third kappa shape index (κ3) is 9.18. The summed E-state index contributed by atoms with van der Waals surface area (Å²) in [4.78, 5) is 17.4. The summed E-state index contributed by atoms with van der Waals surface area (Å²) in [6.07, 6.45) is -2.93. The van der Waals surface area contributed by atoms with Crippen molar-refractivity contribution in [3.63, 3.8) is 0 Å². The number of rotatable bonds is 12. The molecule has 0 saturated carbocycles. The molecule has 288 valence electrons. The number of pyridine rings is 1. The molecule has 1 aliphatic heterocycles. The second-order valence-corrected chi connectivity index (χ2v) is 18.5. The number of carbonyl (C=O) groups is 1. The van der Waals surface area contributed by atoms with Crippen LogP contribution in [0.2, 0.25) is 5.04 Å². The van der Waals surface area contributed by atoms with Gasteiger partial charge in [-0.05, 0) is 64.7 Å². The smallest absolute Gasteiger partial charge is 0.416 e. The van der Waals surface area contributed by atoms with Crippen LogP contribution in [0.15, 0.2) is 115 Å². The van der Waals surface area contributed by atoms with E-state index in [2.05, 4.69) is 55.3 Å². The highest BCUT2D eigenvalue weighted by Crippen LogP contribution is 2.40. The van der Waals surface area contributed by atoms with E-state index < -0.39 is 43.4 Å². The van der Waals surface area contributed by atoms with Gasteiger partial charge in [0.15, 0.2) is 11.5 Å². The van der Waals surface area contributed by atoms with E-state index in [9.17, 15) is 22.4 Å². The maximum atomic E-state index is 14.6. The van der Waals surface area contributed by atoms with Crippen LogP contribution in [0.3, 0.4) is 0 Å². The lowest BCUT2D eigenvalue weighted by Crippen LogP contribution is -2.67. The zero-order valence-corrected chi connectivity index (χ0v) is 31.9. The fourth-order valence-corrected chi connectivity index (χ4v) is 11.3. The summed E-state index contributed by atoms with van der Waals surface area (Å²) in [5.74, 6) is -1.52. The van der Waals surface area contributed by atoms with Crippen molar-refractivity contribution in [1.29, 1.82) is 0 Å². The third-order valence-corrected chi connectivity index (χ3v) is 14.4. The summed E-state index contributed by atoms with van der Waals surface area (Å²) in [6, 6.07) is 29.6. The van der Waals surface area contributed by atoms with Crippen LogP contribution >= 0.6 is 0 Å². The number of amides is 1. The number of nitrogens with zero attached hydrogens (tertiary/aromatic N) is 1. The highest BCUT2D eigenvalue weighted by atomic mass is 28.4. The van der Waals surface area contributed by atoms with Crippen molar-refractivity contribution in [1.82, 2.24) is 4.98 Å². The summed E-state index contributed by atoms with van der Waals surface area (Å²) in [5, 5.41) is 4.68. The van der Waals surface area contributed by atoms with Gasteiger partial charge in [0.1, 0.15) is 17.7 Å². The number of hydrogen-bond donors (Lipinski definition) is 1. The second kappa shape index (κ2) is 16.6. The molecule has 0 bridgehead atoms. The normalized spacial score (nSPS) is 16.3. The van der Waals surface area contributed by atoms with E-state index in [4.69, 9.17) is 23.4 Å². The van der Waals surface area contributed by atoms with Crippen molar-refractivity contribution >= 4 is 30.3 Å². The topological polar surface area (TPSA) is 88.1 Å². The summed E-state index contributed by atoms with van der Waals surface area (Å²) >= 11 is 0. The van der Waals surface area contributed by atoms with Crippen LogP contribution in [0.25, 0.3) is 0 Å². The molecule has 55 heavy (non-hydrogen) atoms. The van der Waals surface area contributed by atoms with E-state index in [0.717, 1.165) is 34.6 Å². The van der Waals surface area contributed by atoms with Crippen LogP contribution in [-0.4, -0.2) is 51.7 Å². The second-order valence-electron chi connectivity index (χ2n) is 14.2. The lowest BCUT2D eigenvalue weighted by molar-refractivity contribution is -0.137. The van der Waals surface area contributed by atoms with Gasteiger partial charge in [0, 0.05) is 24.0 Å². The fraction of sp³-hybridized carbons (Fsp3) is 0.286. The number of hydrogen-bond acceptors (Lipinski definition) is 7. The van der Waals surface area contributed by atoms with Crippen LogP contribution in [0.5, 0.6) is 23.1 Å². The number of nitrogens with one attached hydrogen (secondary N) is 1. The van der Waals surface area contributed by atoms with Crippen LogP contribution in [0.4, 0.5) is 23.2 Å². The summed E-state index contributed by atoms with van der Waals surface area (Å²) < 4.78 is 86.5. The predicted molar refractivity (Wildman–Crippen MR) is 204 cm³/mol. The Hall–Kier alpha value is -5.24. The van der Waals surface area contributed by atoms with Gasteiger partial charge in [-0.1, -0.05) is 81.4 Å². The number of benzene rings is 4. The van der Waals surface area contributed by atoms with Crippen molar-refractivity contribution < 1.29 is 45.7 Å². The van der Waals surface area contributed by atoms with Crippen LogP contribution < -0.4 is 29.9 Å². The average molecular weight is 775 g/mol. The molecule has 1 N–H and O–H groups in total. The summed E-state index contributed by atoms with van der Waals surface area (Å²) in [7, 11) is -1.40. The Labute approximate surface area is 318 Å². The third-order valence-electron chi connectivity index (χ3n) is 9.40. The molecule has 13 heteroatoms. The number of carbonyl (C=O) groups excluding carboxylic acids is 1. The van der Waals surface area contributed by atoms with Gasteiger partial charge >= 0.3 is 6.18 Å². The first-order valence-corrected chi connectivity index (χ1v) is 19.7. The van der Waals surface area contributed by atoms with Gasteiger partial charge in [-0.15, -0.1) is 0 Å². The number of alkyl halides is 3. The largest absolute Gasteiger partial charge is 0.484 e. The molecule has 1 aliphatic rings. The minimum atomic E-state index is -4.74. The lowest BCUT2D eigenvalue weighted by Gasteiger charge is -2.44. The molecule has 5 aromatic rings. The number of anilines is 1. The SMILES string of the molecule is COc1cc(NC(=O)c2cc(C(F)(F)F)ccc2Oc2ccc(F)cc2OC2CCC(CO[Si](c3ccccc3)(c3ccccc3)C(C)(C)C)OC2)ccn1. The van der Waals surface area contributed by atoms with Crippen LogP contribution in [0.1, 0.15) is 49.5 Å². The molecule has 0 spiro atoms. The molecule has 1 aromatic heterocycles. The van der Waals surface area contributed by atoms with Gasteiger partial charge in [-0.2, -0.15) is 13.2 Å². The maximum absolute atomic E-state index is 14.6. The molecular weight excluding hydrogens is 733 g/mol. The minimum Gasteiger partial charge on any atom is -0.484 e. The number of halogens is 4. The first-order chi connectivity index (χ1) is 26.3. The van der Waals surface area contributed by atoms with Crippen molar-refractivity contribution in [2.45, 2.75) is 57.0 Å². The van der Waals surface area contributed by atoms with Gasteiger partial charge in [0.25, 0.3) is 14.2 Å². The van der Waals surface area contributed by atoms with E-state index >= 15 is 0 Å². The molecule has 1 fully saturated rings. The zero-order valence-electron chi connectivity index (χ0n) is 30.9. The lowest BCUT2D eigenvalue weighted by atomic mass is 10.1. The van der Waals surface area contributed by atoms with Crippen LogP contribution in [-0.2, 0) is 15.3 Å². The van der Waals surface area contributed by atoms with Crippen molar-refractivity contribution in [3.8, 4) is 23.1 Å². The van der Waals surface area contributed by atoms with E-state index in [1.54, 1.807) is 0 Å². The highest BCUT2D eigenvalue weighted by molar-refractivity contribution is 6.99. The highest BCUT2D eigenvalue weighted by Gasteiger charge is 2.50. The maximum Gasteiger partial charge on any atom is 0.416 e. The molecule has 1 saturated heterocycles. The molecule has 2 heterocycles. The molecule has 2 atom stereocenters. The molecule has 8 nitrogen and oxygen atoms in total. The first kappa shape index (κ1) is 39.5. The molecule has 4 aromatic carbocycles. The van der Waals surface area contributed by atoms with Gasteiger partial charge in [0.05, 0.1) is 37.6 Å². The Bertz CT molecular complexity index is 2030. The summed E-state index contributed by atoms with van der Waals surface area (Å²) in [6.45, 7) is 7.17. The van der Waals surface area contributed by atoms with Crippen LogP contribution in [0, 0.1) is 5.82 Å².